The highest BCUT2D eigenvalue weighted by Crippen LogP contribution is 2.37. The predicted molar refractivity (Wildman–Crippen MR) is 84.5 cm³/mol. The molecule has 2 aromatic rings. The molecule has 0 bridgehead atoms. The summed E-state index contributed by atoms with van der Waals surface area (Å²) in [6.45, 7) is 2.46. The van der Waals surface area contributed by atoms with Gasteiger partial charge in [0, 0.05) is 30.0 Å². The number of halogens is 1. The first-order valence-corrected chi connectivity index (χ1v) is 8.80. The van der Waals surface area contributed by atoms with Crippen molar-refractivity contribution in [2.75, 3.05) is 6.54 Å². The fraction of sp³-hybridized carbons (Fsp3) is 0.500. The summed E-state index contributed by atoms with van der Waals surface area (Å²) in [7, 11) is 0. The van der Waals surface area contributed by atoms with Crippen LogP contribution >= 0.6 is 27.3 Å². The molecule has 2 aliphatic rings. The highest BCUT2D eigenvalue weighted by atomic mass is 79.9. The maximum atomic E-state index is 12.2. The van der Waals surface area contributed by atoms with Gasteiger partial charge in [-0.1, -0.05) is 0 Å². The highest BCUT2D eigenvalue weighted by molar-refractivity contribution is 9.10. The Morgan fingerprint density at radius 3 is 3.00 bits per heavy atom. The first-order valence-electron chi connectivity index (χ1n) is 7.13. The van der Waals surface area contributed by atoms with Gasteiger partial charge < -0.3 is 4.98 Å². The smallest absolute Gasteiger partial charge is 0.254 e. The van der Waals surface area contributed by atoms with Crippen LogP contribution in [0, 0.1) is 0 Å². The van der Waals surface area contributed by atoms with Crippen LogP contribution in [0.4, 0.5) is 0 Å². The van der Waals surface area contributed by atoms with Crippen molar-refractivity contribution in [2.45, 2.75) is 38.3 Å². The Morgan fingerprint density at radius 2 is 2.29 bits per heavy atom. The van der Waals surface area contributed by atoms with Crippen LogP contribution in [0.1, 0.15) is 40.8 Å². The van der Waals surface area contributed by atoms with Gasteiger partial charge in [-0.2, -0.15) is 0 Å². The van der Waals surface area contributed by atoms with E-state index in [1.54, 1.807) is 11.3 Å². The van der Waals surface area contributed by atoms with E-state index in [4.69, 9.17) is 4.98 Å². The second-order valence-corrected chi connectivity index (χ2v) is 7.43. The van der Waals surface area contributed by atoms with Gasteiger partial charge >= 0.3 is 0 Å². The van der Waals surface area contributed by atoms with Crippen LogP contribution in [0.5, 0.6) is 0 Å². The van der Waals surface area contributed by atoms with Gasteiger partial charge in [-0.15, -0.1) is 11.3 Å². The van der Waals surface area contributed by atoms with Crippen LogP contribution in [0.2, 0.25) is 0 Å². The fourth-order valence-electron chi connectivity index (χ4n) is 2.75. The largest absolute Gasteiger partial charge is 0.310 e. The highest BCUT2D eigenvalue weighted by Gasteiger charge is 2.29. The zero-order valence-corrected chi connectivity index (χ0v) is 13.8. The van der Waals surface area contributed by atoms with Crippen molar-refractivity contribution in [2.24, 2.45) is 0 Å². The third-order valence-corrected chi connectivity index (χ3v) is 5.56. The summed E-state index contributed by atoms with van der Waals surface area (Å²) >= 11 is 5.05. The van der Waals surface area contributed by atoms with Crippen molar-refractivity contribution in [1.29, 1.82) is 0 Å². The lowest BCUT2D eigenvalue weighted by Crippen LogP contribution is -2.35. The molecule has 7 heteroatoms. The second-order valence-electron chi connectivity index (χ2n) is 5.68. The van der Waals surface area contributed by atoms with Gasteiger partial charge in [0.05, 0.1) is 12.2 Å². The van der Waals surface area contributed by atoms with E-state index in [1.807, 2.05) is 5.38 Å². The molecule has 1 saturated carbocycles. The lowest BCUT2D eigenvalue weighted by atomic mass is 10.1. The Bertz CT molecular complexity index is 737. The molecule has 21 heavy (non-hydrogen) atoms. The predicted octanol–water partition coefficient (Wildman–Crippen LogP) is 2.42. The third-order valence-electron chi connectivity index (χ3n) is 4.02. The Hall–Kier alpha value is -1.05. The number of thiazole rings is 1. The van der Waals surface area contributed by atoms with Gasteiger partial charge in [-0.25, -0.2) is 9.97 Å². The molecule has 0 amide bonds. The van der Waals surface area contributed by atoms with E-state index in [9.17, 15) is 4.79 Å². The topological polar surface area (TPSA) is 61.9 Å². The van der Waals surface area contributed by atoms with Gasteiger partial charge in [-0.05, 0) is 35.2 Å². The molecular weight excluding hydrogens is 352 g/mol. The quantitative estimate of drug-likeness (QED) is 0.905. The Balaban J connectivity index is 1.57. The summed E-state index contributed by atoms with van der Waals surface area (Å²) in [6, 6.07) is 0. The van der Waals surface area contributed by atoms with E-state index in [-0.39, 0.29) is 5.56 Å². The van der Waals surface area contributed by atoms with Crippen molar-refractivity contribution in [3.63, 3.8) is 0 Å². The van der Waals surface area contributed by atoms with Crippen LogP contribution in [0.3, 0.4) is 0 Å². The van der Waals surface area contributed by atoms with Crippen molar-refractivity contribution in [1.82, 2.24) is 19.9 Å². The molecule has 0 unspecified atom stereocenters. The number of fused-ring (bicyclic) bond motifs is 1. The van der Waals surface area contributed by atoms with E-state index in [1.165, 1.54) is 0 Å². The number of rotatable bonds is 3. The molecule has 110 valence electrons. The molecule has 2 aromatic heterocycles. The lowest BCUT2D eigenvalue weighted by Gasteiger charge is -2.26. The molecule has 3 heterocycles. The Labute approximate surface area is 134 Å². The first kappa shape index (κ1) is 13.6. The summed E-state index contributed by atoms with van der Waals surface area (Å²) in [5, 5.41) is 3.10. The maximum Gasteiger partial charge on any atom is 0.254 e. The zero-order valence-electron chi connectivity index (χ0n) is 11.4. The molecule has 0 atom stereocenters. The molecule has 5 nitrogen and oxygen atoms in total. The molecule has 0 aromatic carbocycles. The number of hydrogen-bond donors (Lipinski definition) is 1. The van der Waals surface area contributed by atoms with E-state index in [0.717, 1.165) is 65.6 Å². The standard InChI is InChI=1S/C14H15BrN4OS/c15-11-7-21-12(17-11)6-19-4-3-9-10(5-19)16-13(8-1-2-8)18-14(9)20/h7-8H,1-6H2,(H,16,18,20). The van der Waals surface area contributed by atoms with E-state index >= 15 is 0 Å². The van der Waals surface area contributed by atoms with Gasteiger partial charge in [0.15, 0.2) is 0 Å². The van der Waals surface area contributed by atoms with Crippen LogP contribution < -0.4 is 5.56 Å². The van der Waals surface area contributed by atoms with Crippen molar-refractivity contribution >= 4 is 27.3 Å². The number of hydrogen-bond acceptors (Lipinski definition) is 5. The second kappa shape index (κ2) is 5.30. The Kier molecular flexibility index (Phi) is 3.43. The Morgan fingerprint density at radius 1 is 1.43 bits per heavy atom. The number of H-pyrrole nitrogens is 1. The minimum Gasteiger partial charge on any atom is -0.310 e. The minimum atomic E-state index is 0.0681. The van der Waals surface area contributed by atoms with Crippen LogP contribution in [0.15, 0.2) is 14.8 Å². The monoisotopic (exact) mass is 366 g/mol. The summed E-state index contributed by atoms with van der Waals surface area (Å²) in [4.78, 5) is 26.6. The number of nitrogens with zero attached hydrogens (tertiary/aromatic N) is 3. The van der Waals surface area contributed by atoms with Crippen molar-refractivity contribution < 1.29 is 0 Å². The van der Waals surface area contributed by atoms with E-state index < -0.39 is 0 Å². The normalized spacial score (nSPS) is 18.7. The first-order chi connectivity index (χ1) is 10.2. The average Bonchev–Trinajstić information content (AvgIpc) is 3.23. The fourth-order valence-corrected chi connectivity index (χ4v) is 4.06. The molecule has 0 radical (unpaired) electrons. The van der Waals surface area contributed by atoms with Gasteiger partial charge in [0.25, 0.3) is 5.56 Å². The molecule has 1 aliphatic carbocycles. The lowest BCUT2D eigenvalue weighted by molar-refractivity contribution is 0.239. The molecular formula is C14H15BrN4OS. The zero-order chi connectivity index (χ0) is 14.4. The van der Waals surface area contributed by atoms with Crippen molar-refractivity contribution in [3.05, 3.63) is 42.4 Å². The van der Waals surface area contributed by atoms with Crippen LogP contribution in [-0.2, 0) is 19.5 Å². The van der Waals surface area contributed by atoms with Gasteiger partial charge in [-0.3, -0.25) is 9.69 Å². The summed E-state index contributed by atoms with van der Waals surface area (Å²) in [5.74, 6) is 1.37. The molecule has 1 fully saturated rings. The molecule has 0 saturated heterocycles. The summed E-state index contributed by atoms with van der Waals surface area (Å²) in [6.07, 6.45) is 3.08. The van der Waals surface area contributed by atoms with Crippen LogP contribution in [0.25, 0.3) is 0 Å². The minimum absolute atomic E-state index is 0.0681. The van der Waals surface area contributed by atoms with Crippen molar-refractivity contribution in [3.8, 4) is 0 Å². The molecule has 1 aliphatic heterocycles. The molecule has 0 spiro atoms. The average molecular weight is 367 g/mol. The van der Waals surface area contributed by atoms with E-state index in [2.05, 4.69) is 30.8 Å². The third kappa shape index (κ3) is 2.82. The molecule has 1 N–H and O–H groups in total. The number of nitrogens with one attached hydrogen (secondary N) is 1. The maximum absolute atomic E-state index is 12.2. The molecule has 4 rings (SSSR count). The number of aromatic amines is 1. The van der Waals surface area contributed by atoms with Gasteiger partial charge in [0.2, 0.25) is 0 Å². The SMILES string of the molecule is O=c1[nH]c(C2CC2)nc2c1CCN(Cc1nc(Br)cs1)C2. The van der Waals surface area contributed by atoms with Gasteiger partial charge in [0.1, 0.15) is 15.4 Å². The summed E-state index contributed by atoms with van der Waals surface area (Å²) in [5.41, 5.74) is 1.90. The number of aromatic nitrogens is 3. The van der Waals surface area contributed by atoms with E-state index in [0.29, 0.717) is 5.92 Å². The summed E-state index contributed by atoms with van der Waals surface area (Å²) < 4.78 is 0.894. The van der Waals surface area contributed by atoms with Crippen LogP contribution in [-0.4, -0.2) is 26.4 Å².